The third-order valence-corrected chi connectivity index (χ3v) is 4.26. The van der Waals surface area contributed by atoms with Crippen LogP contribution in [0, 0.1) is 0 Å². The highest BCUT2D eigenvalue weighted by Crippen LogP contribution is 2.43. The fraction of sp³-hybridized carbons (Fsp3) is 0.600. The Labute approximate surface area is 124 Å². The Hall–Kier alpha value is -1.50. The summed E-state index contributed by atoms with van der Waals surface area (Å²) in [5.41, 5.74) is 7.09. The lowest BCUT2D eigenvalue weighted by Gasteiger charge is -2.32. The molecule has 6 heteroatoms. The molecule has 1 saturated heterocycles. The molecule has 2 unspecified atom stereocenters. The maximum Gasteiger partial charge on any atom is 0.231 e. The summed E-state index contributed by atoms with van der Waals surface area (Å²) >= 11 is 0. The van der Waals surface area contributed by atoms with E-state index in [1.165, 1.54) is 0 Å². The Morgan fingerprint density at radius 1 is 1.43 bits per heavy atom. The molecular weight excluding hydrogens is 272 g/mol. The quantitative estimate of drug-likeness (QED) is 0.878. The number of nitrogens with two attached hydrogens (primary N) is 1. The second-order valence-corrected chi connectivity index (χ2v) is 5.39. The molecule has 0 spiro atoms. The lowest BCUT2D eigenvalue weighted by Crippen LogP contribution is -2.38. The van der Waals surface area contributed by atoms with E-state index in [9.17, 15) is 0 Å². The van der Waals surface area contributed by atoms with Crippen molar-refractivity contribution in [3.8, 4) is 17.2 Å². The minimum absolute atomic E-state index is 0.0973. The van der Waals surface area contributed by atoms with E-state index in [4.69, 9.17) is 24.7 Å². The van der Waals surface area contributed by atoms with Gasteiger partial charge in [0.15, 0.2) is 11.5 Å². The summed E-state index contributed by atoms with van der Waals surface area (Å²) < 4.78 is 21.8. The van der Waals surface area contributed by atoms with Crippen molar-refractivity contribution in [1.29, 1.82) is 0 Å². The van der Waals surface area contributed by atoms with Crippen molar-refractivity contribution in [2.45, 2.75) is 18.5 Å². The normalized spacial score (nSPS) is 21.8. The lowest BCUT2D eigenvalue weighted by atomic mass is 10.0. The van der Waals surface area contributed by atoms with Crippen LogP contribution in [0.25, 0.3) is 0 Å². The van der Waals surface area contributed by atoms with E-state index >= 15 is 0 Å². The number of hydrogen-bond donors (Lipinski definition) is 1. The standard InChI is InChI=1S/C15H22N2O4/c1-17(11-3-4-19-8-11)12(7-16)10-5-13(18-2)15-14(6-10)20-9-21-15/h5-6,11-12H,3-4,7-9,16H2,1-2H3. The van der Waals surface area contributed by atoms with Crippen LogP contribution < -0.4 is 19.9 Å². The number of benzene rings is 1. The zero-order valence-electron chi connectivity index (χ0n) is 12.5. The van der Waals surface area contributed by atoms with Crippen molar-refractivity contribution in [2.75, 3.05) is 40.7 Å². The van der Waals surface area contributed by atoms with Crippen LogP contribution >= 0.6 is 0 Å². The van der Waals surface area contributed by atoms with E-state index < -0.39 is 0 Å². The molecule has 0 amide bonds. The van der Waals surface area contributed by atoms with Gasteiger partial charge in [-0.2, -0.15) is 0 Å². The molecule has 2 heterocycles. The molecule has 0 radical (unpaired) electrons. The van der Waals surface area contributed by atoms with Crippen molar-refractivity contribution >= 4 is 0 Å². The van der Waals surface area contributed by atoms with Gasteiger partial charge in [-0.05, 0) is 31.2 Å². The molecule has 0 bridgehead atoms. The Morgan fingerprint density at radius 2 is 2.29 bits per heavy atom. The second-order valence-electron chi connectivity index (χ2n) is 5.39. The van der Waals surface area contributed by atoms with Gasteiger partial charge < -0.3 is 24.7 Å². The molecule has 6 nitrogen and oxygen atoms in total. The van der Waals surface area contributed by atoms with Gasteiger partial charge in [-0.3, -0.25) is 4.90 Å². The lowest BCUT2D eigenvalue weighted by molar-refractivity contribution is 0.134. The first-order chi connectivity index (χ1) is 10.2. The number of nitrogens with zero attached hydrogens (tertiary/aromatic N) is 1. The summed E-state index contributed by atoms with van der Waals surface area (Å²) in [5, 5.41) is 0. The number of ether oxygens (including phenoxy) is 4. The first-order valence-electron chi connectivity index (χ1n) is 7.22. The Bertz CT molecular complexity index is 503. The summed E-state index contributed by atoms with van der Waals surface area (Å²) in [7, 11) is 3.72. The predicted octanol–water partition coefficient (Wildman–Crippen LogP) is 1.14. The largest absolute Gasteiger partial charge is 0.493 e. The molecule has 1 aromatic carbocycles. The van der Waals surface area contributed by atoms with Crippen LogP contribution in [0.2, 0.25) is 0 Å². The fourth-order valence-electron chi connectivity index (χ4n) is 2.98. The molecule has 2 aliphatic heterocycles. The minimum Gasteiger partial charge on any atom is -0.493 e. The number of methoxy groups -OCH3 is 1. The van der Waals surface area contributed by atoms with Gasteiger partial charge in [0, 0.05) is 25.2 Å². The highest BCUT2D eigenvalue weighted by Gasteiger charge is 2.29. The molecule has 0 aromatic heterocycles. The van der Waals surface area contributed by atoms with Crippen molar-refractivity contribution < 1.29 is 18.9 Å². The molecule has 116 valence electrons. The maximum atomic E-state index is 6.01. The van der Waals surface area contributed by atoms with Gasteiger partial charge in [0.2, 0.25) is 12.5 Å². The summed E-state index contributed by atoms with van der Waals surface area (Å²) in [6, 6.07) is 4.47. The first kappa shape index (κ1) is 14.4. The number of fused-ring (bicyclic) bond motifs is 1. The average Bonchev–Trinajstić information content (AvgIpc) is 3.18. The van der Waals surface area contributed by atoms with Gasteiger partial charge in [0.05, 0.1) is 13.7 Å². The van der Waals surface area contributed by atoms with E-state index in [2.05, 4.69) is 11.9 Å². The molecule has 1 aromatic rings. The van der Waals surface area contributed by atoms with E-state index in [0.29, 0.717) is 24.1 Å². The summed E-state index contributed by atoms with van der Waals surface area (Å²) in [5.74, 6) is 2.08. The highest BCUT2D eigenvalue weighted by molar-refractivity contribution is 5.55. The SMILES string of the molecule is COc1cc(C(CN)N(C)C2CCOC2)cc2c1OCO2. The van der Waals surface area contributed by atoms with Crippen molar-refractivity contribution in [2.24, 2.45) is 5.73 Å². The minimum atomic E-state index is 0.0973. The Kier molecular flexibility index (Phi) is 4.19. The number of likely N-dealkylation sites (N-methyl/N-ethyl adjacent to an activating group) is 1. The smallest absolute Gasteiger partial charge is 0.231 e. The zero-order chi connectivity index (χ0) is 14.8. The number of rotatable bonds is 5. The van der Waals surface area contributed by atoms with Gasteiger partial charge in [-0.15, -0.1) is 0 Å². The van der Waals surface area contributed by atoms with Gasteiger partial charge >= 0.3 is 0 Å². The average molecular weight is 294 g/mol. The van der Waals surface area contributed by atoms with Gasteiger partial charge in [-0.25, -0.2) is 0 Å². The third kappa shape index (κ3) is 2.66. The molecule has 2 atom stereocenters. The van der Waals surface area contributed by atoms with Gasteiger partial charge in [-0.1, -0.05) is 0 Å². The fourth-order valence-corrected chi connectivity index (χ4v) is 2.98. The van der Waals surface area contributed by atoms with Crippen LogP contribution in [0.4, 0.5) is 0 Å². The summed E-state index contributed by atoms with van der Waals surface area (Å²) in [6.07, 6.45) is 1.04. The van der Waals surface area contributed by atoms with Crippen molar-refractivity contribution in [3.63, 3.8) is 0 Å². The first-order valence-corrected chi connectivity index (χ1v) is 7.22. The van der Waals surface area contributed by atoms with Crippen LogP contribution in [0.15, 0.2) is 12.1 Å². The molecule has 2 aliphatic rings. The number of hydrogen-bond acceptors (Lipinski definition) is 6. The molecular formula is C15H22N2O4. The molecule has 21 heavy (non-hydrogen) atoms. The van der Waals surface area contributed by atoms with Gasteiger partial charge in [0.25, 0.3) is 0 Å². The highest BCUT2D eigenvalue weighted by atomic mass is 16.7. The Morgan fingerprint density at radius 3 is 2.95 bits per heavy atom. The molecule has 0 saturated carbocycles. The summed E-state index contributed by atoms with van der Waals surface area (Å²) in [6.45, 7) is 2.33. The van der Waals surface area contributed by atoms with Crippen molar-refractivity contribution in [3.05, 3.63) is 17.7 Å². The van der Waals surface area contributed by atoms with E-state index in [1.54, 1.807) is 7.11 Å². The summed E-state index contributed by atoms with van der Waals surface area (Å²) in [4.78, 5) is 2.28. The zero-order valence-corrected chi connectivity index (χ0v) is 12.5. The van der Waals surface area contributed by atoms with Crippen LogP contribution in [0.3, 0.4) is 0 Å². The van der Waals surface area contributed by atoms with E-state index in [0.717, 1.165) is 30.9 Å². The topological polar surface area (TPSA) is 66.2 Å². The predicted molar refractivity (Wildman–Crippen MR) is 77.9 cm³/mol. The maximum absolute atomic E-state index is 6.01. The van der Waals surface area contributed by atoms with Crippen LogP contribution in [-0.4, -0.2) is 51.7 Å². The third-order valence-electron chi connectivity index (χ3n) is 4.26. The van der Waals surface area contributed by atoms with E-state index in [1.807, 2.05) is 12.1 Å². The molecule has 0 aliphatic carbocycles. The molecule has 1 fully saturated rings. The molecule has 2 N–H and O–H groups in total. The van der Waals surface area contributed by atoms with E-state index in [-0.39, 0.29) is 12.8 Å². The molecule has 3 rings (SSSR count). The van der Waals surface area contributed by atoms with Crippen LogP contribution in [0.5, 0.6) is 17.2 Å². The van der Waals surface area contributed by atoms with Crippen LogP contribution in [0.1, 0.15) is 18.0 Å². The van der Waals surface area contributed by atoms with Crippen molar-refractivity contribution in [1.82, 2.24) is 4.90 Å². The van der Waals surface area contributed by atoms with Crippen LogP contribution in [-0.2, 0) is 4.74 Å². The van der Waals surface area contributed by atoms with Gasteiger partial charge in [0.1, 0.15) is 0 Å². The second kappa shape index (κ2) is 6.09. The monoisotopic (exact) mass is 294 g/mol. The Balaban J connectivity index is 1.89.